The highest BCUT2D eigenvalue weighted by atomic mass is 16.2. The zero-order valence-electron chi connectivity index (χ0n) is 11.8. The Morgan fingerprint density at radius 3 is 3.15 bits per heavy atom. The largest absolute Gasteiger partial charge is 0.342 e. The molecular weight excluding hydrogens is 252 g/mol. The predicted octanol–water partition coefficient (Wildman–Crippen LogP) is 1.24. The molecule has 1 amide bonds. The van der Waals surface area contributed by atoms with Gasteiger partial charge < -0.3 is 15.2 Å². The number of aromatic amines is 1. The van der Waals surface area contributed by atoms with Crippen molar-refractivity contribution in [3.05, 3.63) is 29.6 Å². The molecule has 5 heteroatoms. The van der Waals surface area contributed by atoms with Gasteiger partial charge in [-0.15, -0.1) is 0 Å². The topological polar surface area (TPSA) is 61.0 Å². The molecule has 0 aliphatic carbocycles. The number of fused-ring (bicyclic) bond motifs is 1. The Labute approximate surface area is 118 Å². The Bertz CT molecular complexity index is 611. The van der Waals surface area contributed by atoms with Crippen LogP contribution in [0, 0.1) is 6.92 Å². The van der Waals surface area contributed by atoms with E-state index in [9.17, 15) is 4.79 Å². The molecule has 1 fully saturated rings. The van der Waals surface area contributed by atoms with Gasteiger partial charge in [0.15, 0.2) is 0 Å². The molecule has 3 rings (SSSR count). The highest BCUT2D eigenvalue weighted by Gasteiger charge is 2.15. The summed E-state index contributed by atoms with van der Waals surface area (Å²) in [7, 11) is 0. The van der Waals surface area contributed by atoms with E-state index in [1.165, 1.54) is 0 Å². The molecule has 0 bridgehead atoms. The lowest BCUT2D eigenvalue weighted by molar-refractivity contribution is -0.130. The predicted molar refractivity (Wildman–Crippen MR) is 78.6 cm³/mol. The first-order valence-electron chi connectivity index (χ1n) is 7.16. The third-order valence-corrected chi connectivity index (χ3v) is 3.71. The molecule has 0 saturated carbocycles. The fourth-order valence-electron chi connectivity index (χ4n) is 2.68. The lowest BCUT2D eigenvalue weighted by Crippen LogP contribution is -2.35. The Kier molecular flexibility index (Phi) is 3.69. The number of benzene rings is 1. The average molecular weight is 272 g/mol. The monoisotopic (exact) mass is 272 g/mol. The van der Waals surface area contributed by atoms with Gasteiger partial charge in [0, 0.05) is 19.6 Å². The fourth-order valence-corrected chi connectivity index (χ4v) is 2.68. The van der Waals surface area contributed by atoms with E-state index in [1.54, 1.807) is 0 Å². The normalized spacial score (nSPS) is 16.4. The van der Waals surface area contributed by atoms with Crippen LogP contribution >= 0.6 is 0 Å². The summed E-state index contributed by atoms with van der Waals surface area (Å²) >= 11 is 0. The maximum Gasteiger partial charge on any atom is 0.227 e. The number of rotatable bonds is 2. The van der Waals surface area contributed by atoms with E-state index in [1.807, 2.05) is 30.0 Å². The van der Waals surface area contributed by atoms with Gasteiger partial charge in [-0.3, -0.25) is 4.79 Å². The molecule has 106 valence electrons. The molecule has 0 atom stereocenters. The van der Waals surface area contributed by atoms with Crippen LogP contribution in [0.5, 0.6) is 0 Å². The van der Waals surface area contributed by atoms with Crippen molar-refractivity contribution in [3.8, 4) is 0 Å². The summed E-state index contributed by atoms with van der Waals surface area (Å²) in [6.45, 7) is 5.50. The van der Waals surface area contributed by atoms with Crippen molar-refractivity contribution in [1.29, 1.82) is 0 Å². The lowest BCUT2D eigenvalue weighted by atomic mass is 10.1. The third-order valence-electron chi connectivity index (χ3n) is 3.71. The van der Waals surface area contributed by atoms with Crippen molar-refractivity contribution in [1.82, 2.24) is 20.2 Å². The summed E-state index contributed by atoms with van der Waals surface area (Å²) in [6.07, 6.45) is 1.50. The van der Waals surface area contributed by atoms with Crippen molar-refractivity contribution >= 4 is 16.9 Å². The Morgan fingerprint density at radius 1 is 1.35 bits per heavy atom. The van der Waals surface area contributed by atoms with E-state index >= 15 is 0 Å². The minimum atomic E-state index is 0.212. The summed E-state index contributed by atoms with van der Waals surface area (Å²) in [5, 5.41) is 3.32. The molecule has 0 unspecified atom stereocenters. The smallest absolute Gasteiger partial charge is 0.227 e. The van der Waals surface area contributed by atoms with Gasteiger partial charge in [0.1, 0.15) is 5.82 Å². The van der Waals surface area contributed by atoms with E-state index in [0.29, 0.717) is 6.42 Å². The SMILES string of the molecule is Cc1nc2ccc(CC(=O)N3CCCNCC3)cc2[nH]1. The minimum Gasteiger partial charge on any atom is -0.342 e. The summed E-state index contributed by atoms with van der Waals surface area (Å²) in [5.41, 5.74) is 3.01. The second-order valence-corrected chi connectivity index (χ2v) is 5.33. The molecule has 2 heterocycles. The molecule has 1 aromatic carbocycles. The summed E-state index contributed by atoms with van der Waals surface area (Å²) < 4.78 is 0. The standard InChI is InChI=1S/C15H20N4O/c1-11-17-13-4-3-12(9-14(13)18-11)10-15(20)19-7-2-5-16-6-8-19/h3-4,9,16H,2,5-8,10H2,1H3,(H,17,18). The number of H-pyrrole nitrogens is 1. The highest BCUT2D eigenvalue weighted by Crippen LogP contribution is 2.14. The minimum absolute atomic E-state index is 0.212. The average Bonchev–Trinajstić information content (AvgIpc) is 2.64. The van der Waals surface area contributed by atoms with Crippen molar-refractivity contribution in [2.45, 2.75) is 19.8 Å². The van der Waals surface area contributed by atoms with Crippen LogP contribution in [-0.2, 0) is 11.2 Å². The quantitative estimate of drug-likeness (QED) is 0.864. The van der Waals surface area contributed by atoms with Crippen LogP contribution in [0.1, 0.15) is 17.8 Å². The zero-order valence-corrected chi connectivity index (χ0v) is 11.8. The number of amides is 1. The van der Waals surface area contributed by atoms with Crippen LogP contribution in [0.15, 0.2) is 18.2 Å². The van der Waals surface area contributed by atoms with Gasteiger partial charge in [0.05, 0.1) is 17.5 Å². The number of carbonyl (C=O) groups excluding carboxylic acids is 1. The first-order chi connectivity index (χ1) is 9.72. The van der Waals surface area contributed by atoms with E-state index < -0.39 is 0 Å². The first-order valence-corrected chi connectivity index (χ1v) is 7.16. The molecule has 1 saturated heterocycles. The number of nitrogens with zero attached hydrogens (tertiary/aromatic N) is 2. The van der Waals surface area contributed by atoms with E-state index in [-0.39, 0.29) is 5.91 Å². The van der Waals surface area contributed by atoms with E-state index in [0.717, 1.165) is 55.0 Å². The zero-order chi connectivity index (χ0) is 13.9. The molecular formula is C15H20N4O. The maximum absolute atomic E-state index is 12.3. The van der Waals surface area contributed by atoms with E-state index in [2.05, 4.69) is 15.3 Å². The van der Waals surface area contributed by atoms with Gasteiger partial charge in [-0.1, -0.05) is 6.07 Å². The van der Waals surface area contributed by atoms with Gasteiger partial charge >= 0.3 is 0 Å². The summed E-state index contributed by atoms with van der Waals surface area (Å²) in [5.74, 6) is 1.12. The molecule has 0 spiro atoms. The van der Waals surface area contributed by atoms with Gasteiger partial charge in [-0.05, 0) is 37.6 Å². The van der Waals surface area contributed by atoms with Crippen molar-refractivity contribution in [2.75, 3.05) is 26.2 Å². The molecule has 1 aromatic heterocycles. The molecule has 1 aliphatic heterocycles. The van der Waals surface area contributed by atoms with Crippen LogP contribution < -0.4 is 5.32 Å². The summed E-state index contributed by atoms with van der Waals surface area (Å²) in [4.78, 5) is 21.9. The fraction of sp³-hybridized carbons (Fsp3) is 0.467. The lowest BCUT2D eigenvalue weighted by Gasteiger charge is -2.19. The van der Waals surface area contributed by atoms with Crippen LogP contribution in [0.4, 0.5) is 0 Å². The van der Waals surface area contributed by atoms with Crippen LogP contribution in [0.2, 0.25) is 0 Å². The molecule has 0 radical (unpaired) electrons. The third kappa shape index (κ3) is 2.82. The number of hydrogen-bond acceptors (Lipinski definition) is 3. The molecule has 2 aromatic rings. The van der Waals surface area contributed by atoms with Crippen molar-refractivity contribution < 1.29 is 4.79 Å². The molecule has 1 aliphatic rings. The first kappa shape index (κ1) is 13.1. The number of aromatic nitrogens is 2. The van der Waals surface area contributed by atoms with Gasteiger partial charge in [0.2, 0.25) is 5.91 Å². The van der Waals surface area contributed by atoms with Gasteiger partial charge in [-0.25, -0.2) is 4.98 Å². The van der Waals surface area contributed by atoms with Crippen molar-refractivity contribution in [2.24, 2.45) is 0 Å². The van der Waals surface area contributed by atoms with Crippen LogP contribution in [0.25, 0.3) is 11.0 Å². The number of imidazole rings is 1. The molecule has 2 N–H and O–H groups in total. The number of hydrogen-bond donors (Lipinski definition) is 2. The van der Waals surface area contributed by atoms with Gasteiger partial charge in [-0.2, -0.15) is 0 Å². The number of nitrogens with one attached hydrogen (secondary N) is 2. The second kappa shape index (κ2) is 5.63. The summed E-state index contributed by atoms with van der Waals surface area (Å²) in [6, 6.07) is 6.01. The number of aryl methyl sites for hydroxylation is 1. The molecule has 20 heavy (non-hydrogen) atoms. The van der Waals surface area contributed by atoms with E-state index in [4.69, 9.17) is 0 Å². The Hall–Kier alpha value is -1.88. The van der Waals surface area contributed by atoms with Crippen molar-refractivity contribution in [3.63, 3.8) is 0 Å². The maximum atomic E-state index is 12.3. The Balaban J connectivity index is 1.72. The van der Waals surface area contributed by atoms with Crippen LogP contribution in [0.3, 0.4) is 0 Å². The van der Waals surface area contributed by atoms with Crippen LogP contribution in [-0.4, -0.2) is 47.0 Å². The Morgan fingerprint density at radius 2 is 2.25 bits per heavy atom. The molecule has 5 nitrogen and oxygen atoms in total. The second-order valence-electron chi connectivity index (χ2n) is 5.33. The van der Waals surface area contributed by atoms with Gasteiger partial charge in [0.25, 0.3) is 0 Å². The number of carbonyl (C=O) groups is 1. The highest BCUT2D eigenvalue weighted by molar-refractivity contribution is 5.81.